The van der Waals surface area contributed by atoms with Crippen LogP contribution in [0.2, 0.25) is 5.02 Å². The zero-order valence-corrected chi connectivity index (χ0v) is 16.2. The second-order valence-corrected chi connectivity index (χ2v) is 7.63. The van der Waals surface area contributed by atoms with E-state index in [0.29, 0.717) is 23.4 Å². The minimum atomic E-state index is -0.00581. The number of aromatic nitrogens is 4. The van der Waals surface area contributed by atoms with Gasteiger partial charge in [0.1, 0.15) is 0 Å². The van der Waals surface area contributed by atoms with Crippen LogP contribution in [0.5, 0.6) is 0 Å². The first-order valence-corrected chi connectivity index (χ1v) is 9.93. The van der Waals surface area contributed by atoms with E-state index in [2.05, 4.69) is 20.6 Å². The van der Waals surface area contributed by atoms with Crippen LogP contribution in [-0.2, 0) is 6.54 Å². The number of hydrogen-bond donors (Lipinski definition) is 1. The lowest BCUT2D eigenvalue weighted by atomic mass is 9.89. The summed E-state index contributed by atoms with van der Waals surface area (Å²) >= 11 is 5.94. The maximum Gasteiger partial charge on any atom is 0.243 e. The molecule has 2 aromatic heterocycles. The highest BCUT2D eigenvalue weighted by Gasteiger charge is 2.22. The molecule has 0 bridgehead atoms. The van der Waals surface area contributed by atoms with Crippen molar-refractivity contribution in [2.45, 2.75) is 57.5 Å². The quantitative estimate of drug-likeness (QED) is 0.659. The maximum atomic E-state index is 5.94. The predicted octanol–water partition coefficient (Wildman–Crippen LogP) is 4.81. The van der Waals surface area contributed by atoms with Gasteiger partial charge in [-0.15, -0.1) is 0 Å². The molecule has 7 heteroatoms. The second kappa shape index (κ2) is 8.23. The Balaban J connectivity index is 1.35. The first-order valence-electron chi connectivity index (χ1n) is 9.55. The van der Waals surface area contributed by atoms with Crippen LogP contribution in [0.1, 0.15) is 68.3 Å². The zero-order valence-electron chi connectivity index (χ0n) is 15.4. The first-order chi connectivity index (χ1) is 13.2. The Bertz CT molecular complexity index is 867. The van der Waals surface area contributed by atoms with Crippen molar-refractivity contribution in [1.82, 2.24) is 25.2 Å². The molecule has 1 aliphatic carbocycles. The molecule has 1 atom stereocenters. The normalized spacial score (nSPS) is 16.5. The lowest BCUT2D eigenvalue weighted by Crippen LogP contribution is -2.18. The molecule has 0 aliphatic heterocycles. The number of nitrogens with zero attached hydrogens (tertiary/aromatic N) is 4. The molecule has 1 saturated carbocycles. The lowest BCUT2D eigenvalue weighted by molar-refractivity contribution is 0.329. The van der Waals surface area contributed by atoms with Gasteiger partial charge in [-0.3, -0.25) is 0 Å². The van der Waals surface area contributed by atoms with Gasteiger partial charge < -0.3 is 9.84 Å². The van der Waals surface area contributed by atoms with Gasteiger partial charge in [-0.1, -0.05) is 36.0 Å². The van der Waals surface area contributed by atoms with Crippen molar-refractivity contribution < 1.29 is 4.52 Å². The third kappa shape index (κ3) is 4.39. The van der Waals surface area contributed by atoms with E-state index in [1.54, 1.807) is 0 Å². The molecular formula is C20H24ClN5O. The highest BCUT2D eigenvalue weighted by Crippen LogP contribution is 2.31. The summed E-state index contributed by atoms with van der Waals surface area (Å²) in [5.74, 6) is 1.98. The highest BCUT2D eigenvalue weighted by molar-refractivity contribution is 6.30. The van der Waals surface area contributed by atoms with Crippen LogP contribution in [-0.4, -0.2) is 19.9 Å². The molecule has 27 heavy (non-hydrogen) atoms. The summed E-state index contributed by atoms with van der Waals surface area (Å²) in [4.78, 5) is 4.63. The Morgan fingerprint density at radius 2 is 2.00 bits per heavy atom. The fourth-order valence-electron chi connectivity index (χ4n) is 3.49. The van der Waals surface area contributed by atoms with Gasteiger partial charge in [0.25, 0.3) is 0 Å². The van der Waals surface area contributed by atoms with Gasteiger partial charge >= 0.3 is 0 Å². The minimum Gasteiger partial charge on any atom is -0.338 e. The summed E-state index contributed by atoms with van der Waals surface area (Å²) in [5.41, 5.74) is 2.07. The maximum absolute atomic E-state index is 5.94. The van der Waals surface area contributed by atoms with Gasteiger partial charge in [0.15, 0.2) is 5.82 Å². The van der Waals surface area contributed by atoms with Crippen LogP contribution in [0.3, 0.4) is 0 Å². The smallest absolute Gasteiger partial charge is 0.243 e. The highest BCUT2D eigenvalue weighted by atomic mass is 35.5. The molecule has 1 aromatic carbocycles. The summed E-state index contributed by atoms with van der Waals surface area (Å²) in [7, 11) is 0. The van der Waals surface area contributed by atoms with E-state index < -0.39 is 0 Å². The van der Waals surface area contributed by atoms with E-state index in [4.69, 9.17) is 16.1 Å². The summed E-state index contributed by atoms with van der Waals surface area (Å²) < 4.78 is 7.34. The molecule has 3 aromatic rings. The molecule has 1 fully saturated rings. The number of rotatable bonds is 6. The summed E-state index contributed by atoms with van der Waals surface area (Å²) in [6.45, 7) is 2.72. The molecule has 0 radical (unpaired) electrons. The standard InChI is InChI=1S/C20H24ClN5O/c1-14(20-24-19(25-27-20)16-5-3-2-4-6-16)22-11-15-12-23-26(13-15)18-9-7-17(21)8-10-18/h7-10,12-14,16,22H,2-6,11H2,1H3. The number of hydrogen-bond acceptors (Lipinski definition) is 5. The summed E-state index contributed by atoms with van der Waals surface area (Å²) in [5, 5.41) is 12.8. The SMILES string of the molecule is CC(NCc1cnn(-c2ccc(Cl)cc2)c1)c1nc(C2CCCCC2)no1. The molecule has 1 unspecified atom stereocenters. The second-order valence-electron chi connectivity index (χ2n) is 7.20. The molecule has 0 spiro atoms. The van der Waals surface area contributed by atoms with Crippen molar-refractivity contribution in [3.8, 4) is 5.69 Å². The van der Waals surface area contributed by atoms with E-state index in [1.165, 1.54) is 32.1 Å². The number of halogens is 1. The molecular weight excluding hydrogens is 362 g/mol. The van der Waals surface area contributed by atoms with Gasteiger partial charge in [0.05, 0.1) is 17.9 Å². The molecule has 0 amide bonds. The largest absolute Gasteiger partial charge is 0.338 e. The van der Waals surface area contributed by atoms with Crippen LogP contribution >= 0.6 is 11.6 Å². The van der Waals surface area contributed by atoms with E-state index >= 15 is 0 Å². The molecule has 4 rings (SSSR count). The van der Waals surface area contributed by atoms with Crippen molar-refractivity contribution in [2.24, 2.45) is 0 Å². The molecule has 6 nitrogen and oxygen atoms in total. The Kier molecular flexibility index (Phi) is 5.55. The lowest BCUT2D eigenvalue weighted by Gasteiger charge is -2.17. The van der Waals surface area contributed by atoms with E-state index in [1.807, 2.05) is 48.3 Å². The Morgan fingerprint density at radius 1 is 1.22 bits per heavy atom. The minimum absolute atomic E-state index is 0.00581. The topological polar surface area (TPSA) is 68.8 Å². The third-order valence-electron chi connectivity index (χ3n) is 5.14. The summed E-state index contributed by atoms with van der Waals surface area (Å²) in [6, 6.07) is 7.60. The third-order valence-corrected chi connectivity index (χ3v) is 5.39. The van der Waals surface area contributed by atoms with E-state index in [9.17, 15) is 0 Å². The Labute approximate surface area is 163 Å². The molecule has 0 saturated heterocycles. The van der Waals surface area contributed by atoms with Gasteiger partial charge in [0.2, 0.25) is 5.89 Å². The van der Waals surface area contributed by atoms with Crippen molar-refractivity contribution in [3.05, 3.63) is 59.0 Å². The average molecular weight is 386 g/mol. The van der Waals surface area contributed by atoms with Crippen LogP contribution in [0.25, 0.3) is 5.69 Å². The van der Waals surface area contributed by atoms with E-state index in [0.717, 1.165) is 17.1 Å². The van der Waals surface area contributed by atoms with Crippen molar-refractivity contribution in [2.75, 3.05) is 0 Å². The van der Waals surface area contributed by atoms with Gasteiger partial charge in [0, 0.05) is 29.2 Å². The van der Waals surface area contributed by atoms with Crippen molar-refractivity contribution in [1.29, 1.82) is 0 Å². The fraction of sp³-hybridized carbons (Fsp3) is 0.450. The van der Waals surface area contributed by atoms with E-state index in [-0.39, 0.29) is 6.04 Å². The monoisotopic (exact) mass is 385 g/mol. The van der Waals surface area contributed by atoms with Crippen molar-refractivity contribution >= 4 is 11.6 Å². The number of nitrogens with one attached hydrogen (secondary N) is 1. The predicted molar refractivity (Wildman–Crippen MR) is 104 cm³/mol. The first kappa shape index (κ1) is 18.2. The van der Waals surface area contributed by atoms with Gasteiger partial charge in [-0.05, 0) is 44.0 Å². The summed E-state index contributed by atoms with van der Waals surface area (Å²) in [6.07, 6.45) is 10.1. The zero-order chi connectivity index (χ0) is 18.6. The Morgan fingerprint density at radius 3 is 2.78 bits per heavy atom. The van der Waals surface area contributed by atoms with Crippen molar-refractivity contribution in [3.63, 3.8) is 0 Å². The van der Waals surface area contributed by atoms with Crippen LogP contribution in [0.15, 0.2) is 41.2 Å². The Hall–Kier alpha value is -2.18. The molecule has 142 valence electrons. The molecule has 2 heterocycles. The number of benzene rings is 1. The fourth-order valence-corrected chi connectivity index (χ4v) is 3.62. The van der Waals surface area contributed by atoms with Crippen LogP contribution in [0, 0.1) is 0 Å². The van der Waals surface area contributed by atoms with Gasteiger partial charge in [-0.2, -0.15) is 10.1 Å². The average Bonchev–Trinajstić information content (AvgIpc) is 3.37. The van der Waals surface area contributed by atoms with Gasteiger partial charge in [-0.25, -0.2) is 4.68 Å². The molecule has 1 aliphatic rings. The van der Waals surface area contributed by atoms with Crippen LogP contribution in [0.4, 0.5) is 0 Å². The van der Waals surface area contributed by atoms with Crippen LogP contribution < -0.4 is 5.32 Å². The molecule has 1 N–H and O–H groups in total.